The Kier molecular flexibility index (Phi) is 3.44. The lowest BCUT2D eigenvalue weighted by Gasteiger charge is -2.04. The highest BCUT2D eigenvalue weighted by Gasteiger charge is 2.23. The Hall–Kier alpha value is -2.43. The van der Waals surface area contributed by atoms with Crippen molar-refractivity contribution in [3.8, 4) is 0 Å². The van der Waals surface area contributed by atoms with Crippen molar-refractivity contribution in [1.82, 2.24) is 25.2 Å². The van der Waals surface area contributed by atoms with Gasteiger partial charge in [-0.2, -0.15) is 15.0 Å². The Balaban J connectivity index is 2.25. The standard InChI is InChI=1S/C9H12N6O4S/c1-5-9(6(2)12-11-5)20(18,19)14-7-3-10-15(13-7)4-8(16)17/h3H,4H2,1-2H3,(H,11,12)(H,13,14)(H,16,17). The number of carboxylic acids is 1. The zero-order valence-electron chi connectivity index (χ0n) is 10.7. The van der Waals surface area contributed by atoms with Crippen LogP contribution in [0.1, 0.15) is 11.4 Å². The first-order valence-electron chi connectivity index (χ1n) is 5.46. The van der Waals surface area contributed by atoms with E-state index < -0.39 is 22.5 Å². The minimum absolute atomic E-state index is 0.0327. The molecule has 0 aliphatic rings. The molecule has 0 atom stereocenters. The fourth-order valence-corrected chi connectivity index (χ4v) is 3.02. The largest absolute Gasteiger partial charge is 0.480 e. The summed E-state index contributed by atoms with van der Waals surface area (Å²) in [5, 5.41) is 22.3. The summed E-state index contributed by atoms with van der Waals surface area (Å²) in [6, 6.07) is 0. The van der Waals surface area contributed by atoms with Crippen molar-refractivity contribution in [3.63, 3.8) is 0 Å². The van der Waals surface area contributed by atoms with Gasteiger partial charge in [0.15, 0.2) is 12.4 Å². The number of hydrogen-bond donors (Lipinski definition) is 3. The van der Waals surface area contributed by atoms with Gasteiger partial charge in [-0.25, -0.2) is 8.42 Å². The van der Waals surface area contributed by atoms with Crippen LogP contribution in [0.15, 0.2) is 11.1 Å². The Morgan fingerprint density at radius 1 is 1.50 bits per heavy atom. The lowest BCUT2D eigenvalue weighted by molar-refractivity contribution is -0.138. The van der Waals surface area contributed by atoms with Crippen molar-refractivity contribution >= 4 is 21.8 Å². The van der Waals surface area contributed by atoms with Gasteiger partial charge in [0, 0.05) is 0 Å². The summed E-state index contributed by atoms with van der Waals surface area (Å²) in [5.41, 5.74) is 0.723. The molecule has 20 heavy (non-hydrogen) atoms. The Morgan fingerprint density at radius 3 is 2.75 bits per heavy atom. The van der Waals surface area contributed by atoms with Crippen molar-refractivity contribution in [2.24, 2.45) is 0 Å². The maximum atomic E-state index is 12.2. The fourth-order valence-electron chi connectivity index (χ4n) is 1.67. The predicted molar refractivity (Wildman–Crippen MR) is 66.5 cm³/mol. The molecule has 2 heterocycles. The molecule has 108 valence electrons. The first-order chi connectivity index (χ1) is 9.29. The van der Waals surface area contributed by atoms with Crippen molar-refractivity contribution < 1.29 is 18.3 Å². The number of aryl methyl sites for hydroxylation is 2. The van der Waals surface area contributed by atoms with Crippen LogP contribution in [0.2, 0.25) is 0 Å². The second kappa shape index (κ2) is 4.92. The molecule has 0 aliphatic heterocycles. The van der Waals surface area contributed by atoms with Gasteiger partial charge in [-0.1, -0.05) is 0 Å². The topological polar surface area (TPSA) is 143 Å². The Labute approximate surface area is 113 Å². The van der Waals surface area contributed by atoms with E-state index in [1.165, 1.54) is 0 Å². The van der Waals surface area contributed by atoms with E-state index in [0.29, 0.717) is 11.4 Å². The third-order valence-electron chi connectivity index (χ3n) is 2.38. The highest BCUT2D eigenvalue weighted by molar-refractivity contribution is 7.92. The summed E-state index contributed by atoms with van der Waals surface area (Å²) in [6.07, 6.45) is 1.13. The van der Waals surface area contributed by atoms with Gasteiger partial charge >= 0.3 is 5.97 Å². The van der Waals surface area contributed by atoms with E-state index in [4.69, 9.17) is 5.11 Å². The maximum absolute atomic E-state index is 12.2. The van der Waals surface area contributed by atoms with E-state index >= 15 is 0 Å². The summed E-state index contributed by atoms with van der Waals surface area (Å²) >= 11 is 0. The molecule has 0 aliphatic carbocycles. The molecule has 0 saturated heterocycles. The van der Waals surface area contributed by atoms with Gasteiger partial charge in [-0.15, -0.1) is 5.10 Å². The highest BCUT2D eigenvalue weighted by Crippen LogP contribution is 2.19. The SMILES string of the molecule is Cc1n[nH]c(C)c1S(=O)(=O)Nc1cnn(CC(=O)O)n1. The molecule has 0 aromatic carbocycles. The number of nitrogens with one attached hydrogen (secondary N) is 2. The lowest BCUT2D eigenvalue weighted by Crippen LogP contribution is -2.16. The minimum atomic E-state index is -3.85. The van der Waals surface area contributed by atoms with Gasteiger partial charge < -0.3 is 5.11 Å². The van der Waals surface area contributed by atoms with E-state index in [1.54, 1.807) is 13.8 Å². The van der Waals surface area contributed by atoms with E-state index in [2.05, 4.69) is 25.1 Å². The van der Waals surface area contributed by atoms with Crippen molar-refractivity contribution in [1.29, 1.82) is 0 Å². The molecule has 10 nitrogen and oxygen atoms in total. The van der Waals surface area contributed by atoms with E-state index in [9.17, 15) is 13.2 Å². The number of carbonyl (C=O) groups is 1. The number of carboxylic acid groups (broad SMARTS) is 1. The lowest BCUT2D eigenvalue weighted by atomic mass is 10.4. The molecular formula is C9H12N6O4S. The molecule has 3 N–H and O–H groups in total. The molecule has 0 bridgehead atoms. The molecule has 11 heteroatoms. The minimum Gasteiger partial charge on any atom is -0.480 e. The van der Waals surface area contributed by atoms with Crippen LogP contribution in [-0.4, -0.2) is 44.7 Å². The summed E-state index contributed by atoms with van der Waals surface area (Å²) in [5.74, 6) is -1.19. The molecule has 0 amide bonds. The van der Waals surface area contributed by atoms with Gasteiger partial charge in [-0.05, 0) is 13.8 Å². The van der Waals surface area contributed by atoms with Gasteiger partial charge in [0.05, 0.1) is 17.6 Å². The first-order valence-corrected chi connectivity index (χ1v) is 6.94. The molecule has 2 aromatic rings. The predicted octanol–water partition coefficient (Wildman–Crippen LogP) is -0.497. The average Bonchev–Trinajstić information content (AvgIpc) is 2.85. The zero-order valence-corrected chi connectivity index (χ0v) is 11.5. The molecule has 0 saturated carbocycles. The first kappa shape index (κ1) is 14.0. The van der Waals surface area contributed by atoms with Crippen LogP contribution >= 0.6 is 0 Å². The smallest absolute Gasteiger partial charge is 0.327 e. The van der Waals surface area contributed by atoms with Gasteiger partial charge in [-0.3, -0.25) is 14.6 Å². The fraction of sp³-hybridized carbons (Fsp3) is 0.333. The normalized spacial score (nSPS) is 11.5. The molecular weight excluding hydrogens is 288 g/mol. The maximum Gasteiger partial charge on any atom is 0.327 e. The number of rotatable bonds is 5. The van der Waals surface area contributed by atoms with E-state index in [-0.39, 0.29) is 10.7 Å². The summed E-state index contributed by atoms with van der Waals surface area (Å²) < 4.78 is 26.6. The molecule has 0 unspecified atom stereocenters. The van der Waals surface area contributed by atoms with E-state index in [1.807, 2.05) is 0 Å². The number of aromatic nitrogens is 5. The van der Waals surface area contributed by atoms with Crippen molar-refractivity contribution in [3.05, 3.63) is 17.6 Å². The van der Waals surface area contributed by atoms with Gasteiger partial charge in [0.2, 0.25) is 0 Å². The van der Waals surface area contributed by atoms with Crippen LogP contribution in [0.4, 0.5) is 5.82 Å². The second-order valence-corrected chi connectivity index (χ2v) is 5.64. The van der Waals surface area contributed by atoms with Crippen molar-refractivity contribution in [2.75, 3.05) is 4.72 Å². The Morgan fingerprint density at radius 2 is 2.20 bits per heavy atom. The highest BCUT2D eigenvalue weighted by atomic mass is 32.2. The number of anilines is 1. The third-order valence-corrected chi connectivity index (χ3v) is 4.00. The quantitative estimate of drug-likeness (QED) is 0.675. The van der Waals surface area contributed by atoms with Crippen molar-refractivity contribution in [2.45, 2.75) is 25.3 Å². The number of nitrogens with zero attached hydrogens (tertiary/aromatic N) is 4. The summed E-state index contributed by atoms with van der Waals surface area (Å²) in [6.45, 7) is 2.68. The number of hydrogen-bond acceptors (Lipinski definition) is 6. The molecule has 2 aromatic heterocycles. The monoisotopic (exact) mass is 300 g/mol. The summed E-state index contributed by atoms with van der Waals surface area (Å²) in [4.78, 5) is 11.4. The molecule has 2 rings (SSSR count). The van der Waals surface area contributed by atoms with Crippen LogP contribution < -0.4 is 4.72 Å². The molecule has 0 radical (unpaired) electrons. The number of aromatic amines is 1. The molecule has 0 spiro atoms. The average molecular weight is 300 g/mol. The van der Waals surface area contributed by atoms with Crippen LogP contribution in [0, 0.1) is 13.8 Å². The van der Waals surface area contributed by atoms with Crippen LogP contribution in [0.3, 0.4) is 0 Å². The number of sulfonamides is 1. The Bertz CT molecular complexity index is 727. The second-order valence-electron chi connectivity index (χ2n) is 4.02. The van der Waals surface area contributed by atoms with Crippen LogP contribution in [-0.2, 0) is 21.4 Å². The summed E-state index contributed by atoms with van der Waals surface area (Å²) in [7, 11) is -3.85. The van der Waals surface area contributed by atoms with Crippen LogP contribution in [0.25, 0.3) is 0 Å². The number of aliphatic carboxylic acids is 1. The van der Waals surface area contributed by atoms with E-state index in [0.717, 1.165) is 11.0 Å². The zero-order chi connectivity index (χ0) is 14.9. The van der Waals surface area contributed by atoms with Crippen LogP contribution in [0.5, 0.6) is 0 Å². The van der Waals surface area contributed by atoms with Gasteiger partial charge in [0.1, 0.15) is 4.90 Å². The molecule has 0 fully saturated rings. The number of H-pyrrole nitrogens is 1. The third kappa shape index (κ3) is 2.77. The van der Waals surface area contributed by atoms with Gasteiger partial charge in [0.25, 0.3) is 10.0 Å².